The van der Waals surface area contributed by atoms with Gasteiger partial charge in [0, 0.05) is 30.1 Å². The molecule has 1 aromatic carbocycles. The number of amides is 1. The van der Waals surface area contributed by atoms with Crippen LogP contribution in [0.4, 0.5) is 9.93 Å². The summed E-state index contributed by atoms with van der Waals surface area (Å²) >= 11 is 1.50. The number of thiazole rings is 1. The van der Waals surface area contributed by atoms with Crippen molar-refractivity contribution in [2.45, 2.75) is 13.5 Å². The molecule has 7 heteroatoms. The SMILES string of the molecule is CCOC(=O)Nc1nc(-c2ccccc2)c(CN2CCOCC2)s1. The van der Waals surface area contributed by atoms with E-state index in [-0.39, 0.29) is 0 Å². The van der Waals surface area contributed by atoms with E-state index in [0.717, 1.165) is 49.0 Å². The van der Waals surface area contributed by atoms with Gasteiger partial charge in [-0.2, -0.15) is 0 Å². The molecule has 1 aliphatic heterocycles. The molecule has 0 spiro atoms. The minimum absolute atomic E-state index is 0.337. The Morgan fingerprint density at radius 3 is 2.79 bits per heavy atom. The molecule has 1 saturated heterocycles. The van der Waals surface area contributed by atoms with E-state index in [9.17, 15) is 4.79 Å². The van der Waals surface area contributed by atoms with Crippen LogP contribution in [0.5, 0.6) is 0 Å². The third kappa shape index (κ3) is 4.31. The number of hydrogen-bond acceptors (Lipinski definition) is 6. The van der Waals surface area contributed by atoms with Crippen LogP contribution in [0.3, 0.4) is 0 Å². The summed E-state index contributed by atoms with van der Waals surface area (Å²) in [7, 11) is 0. The van der Waals surface area contributed by atoms with Gasteiger partial charge in [0.1, 0.15) is 0 Å². The molecule has 0 atom stereocenters. The van der Waals surface area contributed by atoms with Crippen molar-refractivity contribution in [2.24, 2.45) is 0 Å². The quantitative estimate of drug-likeness (QED) is 0.900. The van der Waals surface area contributed by atoms with Crippen LogP contribution in [0.15, 0.2) is 30.3 Å². The molecular weight excluding hydrogens is 326 g/mol. The monoisotopic (exact) mass is 347 g/mol. The number of ether oxygens (including phenoxy) is 2. The molecule has 1 aliphatic rings. The zero-order chi connectivity index (χ0) is 16.8. The molecule has 6 nitrogen and oxygen atoms in total. The molecule has 128 valence electrons. The lowest BCUT2D eigenvalue weighted by atomic mass is 10.1. The van der Waals surface area contributed by atoms with Crippen LogP contribution >= 0.6 is 11.3 Å². The summed E-state index contributed by atoms with van der Waals surface area (Å²) in [4.78, 5) is 19.8. The highest BCUT2D eigenvalue weighted by molar-refractivity contribution is 7.16. The smallest absolute Gasteiger partial charge is 0.413 e. The topological polar surface area (TPSA) is 63.7 Å². The van der Waals surface area contributed by atoms with Crippen LogP contribution in [0.2, 0.25) is 0 Å². The second-order valence-corrected chi connectivity index (χ2v) is 6.47. The van der Waals surface area contributed by atoms with Gasteiger partial charge in [-0.1, -0.05) is 41.7 Å². The summed E-state index contributed by atoms with van der Waals surface area (Å²) in [5.74, 6) is 0. The molecule has 1 aromatic heterocycles. The molecule has 2 aromatic rings. The maximum Gasteiger partial charge on any atom is 0.413 e. The van der Waals surface area contributed by atoms with Crippen molar-refractivity contribution in [2.75, 3.05) is 38.2 Å². The number of nitrogens with zero attached hydrogens (tertiary/aromatic N) is 2. The van der Waals surface area contributed by atoms with Gasteiger partial charge >= 0.3 is 6.09 Å². The Bertz CT molecular complexity index is 669. The van der Waals surface area contributed by atoms with Gasteiger partial charge < -0.3 is 9.47 Å². The fraction of sp³-hybridized carbons (Fsp3) is 0.412. The van der Waals surface area contributed by atoms with Crippen molar-refractivity contribution in [3.63, 3.8) is 0 Å². The van der Waals surface area contributed by atoms with Gasteiger partial charge in [0.05, 0.1) is 25.5 Å². The Morgan fingerprint density at radius 1 is 1.33 bits per heavy atom. The number of benzene rings is 1. The summed E-state index contributed by atoms with van der Waals surface area (Å²) in [6.45, 7) is 6.25. The van der Waals surface area contributed by atoms with Crippen molar-refractivity contribution in [3.05, 3.63) is 35.2 Å². The molecular formula is C17H21N3O3S. The summed E-state index contributed by atoms with van der Waals surface area (Å²) < 4.78 is 10.3. The van der Waals surface area contributed by atoms with Gasteiger partial charge in [0.15, 0.2) is 5.13 Å². The highest BCUT2D eigenvalue weighted by Crippen LogP contribution is 2.32. The Kier molecular flexibility index (Phi) is 5.79. The van der Waals surface area contributed by atoms with Gasteiger partial charge in [-0.25, -0.2) is 9.78 Å². The van der Waals surface area contributed by atoms with E-state index >= 15 is 0 Å². The minimum atomic E-state index is -0.469. The lowest BCUT2D eigenvalue weighted by Crippen LogP contribution is -2.35. The van der Waals surface area contributed by atoms with E-state index in [4.69, 9.17) is 9.47 Å². The average molecular weight is 347 g/mol. The largest absolute Gasteiger partial charge is 0.450 e. The van der Waals surface area contributed by atoms with Crippen LogP contribution in [0.25, 0.3) is 11.3 Å². The molecule has 0 radical (unpaired) electrons. The Labute approximate surface area is 145 Å². The third-order valence-corrected chi connectivity index (χ3v) is 4.66. The standard InChI is InChI=1S/C17H21N3O3S/c1-2-23-17(21)19-16-18-15(13-6-4-3-5-7-13)14(24-16)12-20-8-10-22-11-9-20/h3-7H,2,8-12H2,1H3,(H,18,19,21). The Morgan fingerprint density at radius 2 is 2.08 bits per heavy atom. The molecule has 0 saturated carbocycles. The van der Waals surface area contributed by atoms with E-state index in [1.807, 2.05) is 30.3 Å². The number of carbonyl (C=O) groups excluding carboxylic acids is 1. The fourth-order valence-electron chi connectivity index (χ4n) is 2.55. The summed E-state index contributed by atoms with van der Waals surface area (Å²) in [5.41, 5.74) is 1.97. The fourth-order valence-corrected chi connectivity index (χ4v) is 3.56. The van der Waals surface area contributed by atoms with Crippen molar-refractivity contribution >= 4 is 22.6 Å². The normalized spacial score (nSPS) is 15.2. The molecule has 0 aliphatic carbocycles. The number of anilines is 1. The Hall–Kier alpha value is -1.96. The number of morpholine rings is 1. The van der Waals surface area contributed by atoms with Gasteiger partial charge in [-0.3, -0.25) is 10.2 Å². The number of rotatable bonds is 5. The average Bonchev–Trinajstić information content (AvgIpc) is 2.99. The lowest BCUT2D eigenvalue weighted by molar-refractivity contribution is 0.0347. The van der Waals surface area contributed by atoms with Crippen LogP contribution in [0, 0.1) is 0 Å². The second-order valence-electron chi connectivity index (χ2n) is 5.39. The van der Waals surface area contributed by atoms with E-state index in [1.54, 1.807) is 6.92 Å². The molecule has 3 rings (SSSR count). The van der Waals surface area contributed by atoms with E-state index in [0.29, 0.717) is 11.7 Å². The van der Waals surface area contributed by atoms with Crippen LogP contribution < -0.4 is 5.32 Å². The first-order chi connectivity index (χ1) is 11.8. The van der Waals surface area contributed by atoms with Crippen molar-refractivity contribution in [1.29, 1.82) is 0 Å². The predicted octanol–water partition coefficient (Wildman–Crippen LogP) is 3.21. The van der Waals surface area contributed by atoms with Gasteiger partial charge in [0.2, 0.25) is 0 Å². The van der Waals surface area contributed by atoms with Crippen LogP contribution in [0.1, 0.15) is 11.8 Å². The first kappa shape index (κ1) is 16.9. The predicted molar refractivity (Wildman–Crippen MR) is 94.3 cm³/mol. The summed E-state index contributed by atoms with van der Waals surface area (Å²) in [6, 6.07) is 10.0. The van der Waals surface area contributed by atoms with Gasteiger partial charge in [0.25, 0.3) is 0 Å². The zero-order valence-corrected chi connectivity index (χ0v) is 14.5. The number of hydrogen-bond donors (Lipinski definition) is 1. The van der Waals surface area contributed by atoms with Crippen LogP contribution in [-0.4, -0.2) is 48.9 Å². The van der Waals surface area contributed by atoms with Gasteiger partial charge in [-0.15, -0.1) is 0 Å². The van der Waals surface area contributed by atoms with E-state index < -0.39 is 6.09 Å². The molecule has 24 heavy (non-hydrogen) atoms. The third-order valence-electron chi connectivity index (χ3n) is 3.70. The highest BCUT2D eigenvalue weighted by atomic mass is 32.1. The molecule has 2 heterocycles. The lowest BCUT2D eigenvalue weighted by Gasteiger charge is -2.26. The van der Waals surface area contributed by atoms with E-state index in [2.05, 4.69) is 15.2 Å². The van der Waals surface area contributed by atoms with Crippen molar-refractivity contribution < 1.29 is 14.3 Å². The Balaban J connectivity index is 1.83. The number of carbonyl (C=O) groups is 1. The number of aromatic nitrogens is 1. The molecule has 0 bridgehead atoms. The highest BCUT2D eigenvalue weighted by Gasteiger charge is 2.19. The molecule has 1 fully saturated rings. The zero-order valence-electron chi connectivity index (χ0n) is 13.7. The van der Waals surface area contributed by atoms with Crippen molar-refractivity contribution in [3.8, 4) is 11.3 Å². The molecule has 1 N–H and O–H groups in total. The van der Waals surface area contributed by atoms with Crippen LogP contribution in [-0.2, 0) is 16.0 Å². The molecule has 0 unspecified atom stereocenters. The summed E-state index contributed by atoms with van der Waals surface area (Å²) in [6.07, 6.45) is -0.469. The maximum atomic E-state index is 11.7. The summed E-state index contributed by atoms with van der Waals surface area (Å²) in [5, 5.41) is 3.28. The maximum absolute atomic E-state index is 11.7. The molecule has 1 amide bonds. The first-order valence-electron chi connectivity index (χ1n) is 8.05. The van der Waals surface area contributed by atoms with Gasteiger partial charge in [-0.05, 0) is 6.92 Å². The second kappa shape index (κ2) is 8.23. The number of nitrogens with one attached hydrogen (secondary N) is 1. The minimum Gasteiger partial charge on any atom is -0.450 e. The van der Waals surface area contributed by atoms with Crippen molar-refractivity contribution in [1.82, 2.24) is 9.88 Å². The van der Waals surface area contributed by atoms with E-state index in [1.165, 1.54) is 11.3 Å². The first-order valence-corrected chi connectivity index (χ1v) is 8.87.